The predicted molar refractivity (Wildman–Crippen MR) is 75.3 cm³/mol. The molecule has 90 valence electrons. The molecule has 3 aromatic heterocycles. The van der Waals surface area contributed by atoms with Gasteiger partial charge < -0.3 is 11.5 Å². The summed E-state index contributed by atoms with van der Waals surface area (Å²) in [6, 6.07) is 1.78. The van der Waals surface area contributed by atoms with Gasteiger partial charge in [-0.1, -0.05) is 0 Å². The molecule has 0 unspecified atom stereocenters. The van der Waals surface area contributed by atoms with Gasteiger partial charge in [0, 0.05) is 17.0 Å². The molecule has 0 atom stereocenters. The smallest absolute Gasteiger partial charge is 0.142 e. The molecule has 7 heteroatoms. The van der Waals surface area contributed by atoms with E-state index in [9.17, 15) is 0 Å². The van der Waals surface area contributed by atoms with Crippen LogP contribution in [0.5, 0.6) is 0 Å². The van der Waals surface area contributed by atoms with E-state index in [1.54, 1.807) is 23.6 Å². The first-order valence-corrected chi connectivity index (χ1v) is 6.87. The second kappa shape index (κ2) is 4.35. The largest absolute Gasteiger partial charge is 0.397 e. The molecule has 0 bridgehead atoms. The second-order valence-electron chi connectivity index (χ2n) is 3.58. The third-order valence-electron chi connectivity index (χ3n) is 2.33. The third-order valence-corrected chi connectivity index (χ3v) is 4.00. The number of aromatic nitrogens is 3. The zero-order chi connectivity index (χ0) is 12.5. The minimum Gasteiger partial charge on any atom is -0.397 e. The van der Waals surface area contributed by atoms with E-state index < -0.39 is 0 Å². The van der Waals surface area contributed by atoms with E-state index in [2.05, 4.69) is 15.0 Å². The molecule has 3 heterocycles. The molecule has 0 aliphatic rings. The summed E-state index contributed by atoms with van der Waals surface area (Å²) in [6.07, 6.45) is 3.30. The predicted octanol–water partition coefficient (Wildman–Crippen LogP) is 2.49. The number of thiazole rings is 2. The van der Waals surface area contributed by atoms with Crippen LogP contribution in [0.4, 0.5) is 11.5 Å². The maximum atomic E-state index is 5.84. The third kappa shape index (κ3) is 1.93. The average Bonchev–Trinajstić information content (AvgIpc) is 3.00. The fraction of sp³-hybridized carbons (Fsp3) is 0. The summed E-state index contributed by atoms with van der Waals surface area (Å²) in [5.74, 6) is 0.434. The first-order chi connectivity index (χ1) is 8.74. The SMILES string of the molecule is Nc1cnc(N)c(-c2nc(-c3nccs3)cs2)c1. The Morgan fingerprint density at radius 3 is 2.72 bits per heavy atom. The van der Waals surface area contributed by atoms with E-state index in [1.165, 1.54) is 17.5 Å². The van der Waals surface area contributed by atoms with E-state index in [0.717, 1.165) is 21.3 Å². The van der Waals surface area contributed by atoms with E-state index in [4.69, 9.17) is 11.5 Å². The van der Waals surface area contributed by atoms with E-state index in [-0.39, 0.29) is 0 Å². The van der Waals surface area contributed by atoms with Gasteiger partial charge in [-0.3, -0.25) is 0 Å². The lowest BCUT2D eigenvalue weighted by atomic mass is 10.2. The monoisotopic (exact) mass is 275 g/mol. The first-order valence-electron chi connectivity index (χ1n) is 5.11. The fourth-order valence-electron chi connectivity index (χ4n) is 1.51. The van der Waals surface area contributed by atoms with Gasteiger partial charge in [0.2, 0.25) is 0 Å². The van der Waals surface area contributed by atoms with Crippen LogP contribution in [-0.2, 0) is 0 Å². The quantitative estimate of drug-likeness (QED) is 0.749. The highest BCUT2D eigenvalue weighted by Gasteiger charge is 2.11. The van der Waals surface area contributed by atoms with E-state index in [0.29, 0.717) is 11.5 Å². The first kappa shape index (κ1) is 11.1. The van der Waals surface area contributed by atoms with Gasteiger partial charge in [0.25, 0.3) is 0 Å². The van der Waals surface area contributed by atoms with Gasteiger partial charge >= 0.3 is 0 Å². The summed E-state index contributed by atoms with van der Waals surface area (Å²) in [6.45, 7) is 0. The molecular weight excluding hydrogens is 266 g/mol. The second-order valence-corrected chi connectivity index (χ2v) is 5.33. The zero-order valence-corrected chi connectivity index (χ0v) is 10.8. The fourth-order valence-corrected chi connectivity index (χ4v) is 3.01. The van der Waals surface area contributed by atoms with Crippen LogP contribution in [0, 0.1) is 0 Å². The van der Waals surface area contributed by atoms with Gasteiger partial charge in [0.15, 0.2) is 0 Å². The molecule has 5 nitrogen and oxygen atoms in total. The van der Waals surface area contributed by atoms with Crippen LogP contribution in [0.1, 0.15) is 0 Å². The number of pyridine rings is 1. The standard InChI is InChI=1S/C11H9N5S2/c12-6-3-7(9(13)15-4-6)10-16-8(5-18-10)11-14-1-2-17-11/h1-5H,12H2,(H2,13,15). The molecule has 0 fully saturated rings. The van der Waals surface area contributed by atoms with Gasteiger partial charge in [-0.2, -0.15) is 0 Å². The summed E-state index contributed by atoms with van der Waals surface area (Å²) in [5.41, 5.74) is 13.7. The molecule has 0 aromatic carbocycles. The average molecular weight is 275 g/mol. The maximum absolute atomic E-state index is 5.84. The van der Waals surface area contributed by atoms with Crippen molar-refractivity contribution < 1.29 is 0 Å². The van der Waals surface area contributed by atoms with Crippen molar-refractivity contribution in [1.29, 1.82) is 0 Å². The molecule has 0 saturated carbocycles. The van der Waals surface area contributed by atoms with Crippen LogP contribution in [0.25, 0.3) is 21.3 Å². The van der Waals surface area contributed by atoms with Crippen molar-refractivity contribution in [2.75, 3.05) is 11.5 Å². The minimum absolute atomic E-state index is 0.434. The van der Waals surface area contributed by atoms with Crippen LogP contribution >= 0.6 is 22.7 Å². The van der Waals surface area contributed by atoms with Gasteiger partial charge in [0.1, 0.15) is 21.5 Å². The Kier molecular flexibility index (Phi) is 2.69. The highest BCUT2D eigenvalue weighted by Crippen LogP contribution is 2.32. The van der Waals surface area contributed by atoms with E-state index in [1.807, 2.05) is 10.8 Å². The Balaban J connectivity index is 2.05. The van der Waals surface area contributed by atoms with Crippen LogP contribution in [-0.4, -0.2) is 15.0 Å². The topological polar surface area (TPSA) is 90.7 Å². The Bertz CT molecular complexity index is 675. The van der Waals surface area contributed by atoms with Gasteiger partial charge in [0.05, 0.1) is 17.4 Å². The minimum atomic E-state index is 0.434. The lowest BCUT2D eigenvalue weighted by Gasteiger charge is -2.01. The zero-order valence-electron chi connectivity index (χ0n) is 9.20. The molecule has 0 aliphatic heterocycles. The van der Waals surface area contributed by atoms with Crippen molar-refractivity contribution in [3.63, 3.8) is 0 Å². The molecule has 0 amide bonds. The number of nitrogen functional groups attached to an aromatic ring is 2. The van der Waals surface area contributed by atoms with Crippen LogP contribution < -0.4 is 11.5 Å². The van der Waals surface area contributed by atoms with Gasteiger partial charge in [-0.05, 0) is 6.07 Å². The number of rotatable bonds is 2. The van der Waals surface area contributed by atoms with Crippen molar-refractivity contribution >= 4 is 34.2 Å². The molecular formula is C11H9N5S2. The molecule has 18 heavy (non-hydrogen) atoms. The Morgan fingerprint density at radius 2 is 1.94 bits per heavy atom. The Labute approximate surface area is 111 Å². The van der Waals surface area contributed by atoms with Crippen molar-refractivity contribution in [3.8, 4) is 21.3 Å². The van der Waals surface area contributed by atoms with Gasteiger partial charge in [-0.15, -0.1) is 22.7 Å². The summed E-state index contributed by atoms with van der Waals surface area (Å²) in [5, 5.41) is 5.58. The van der Waals surface area contributed by atoms with Crippen LogP contribution in [0.15, 0.2) is 29.2 Å². The number of hydrogen-bond acceptors (Lipinski definition) is 7. The highest BCUT2D eigenvalue weighted by atomic mass is 32.1. The lowest BCUT2D eigenvalue weighted by molar-refractivity contribution is 1.31. The number of nitrogens with two attached hydrogens (primary N) is 2. The molecule has 0 saturated heterocycles. The van der Waals surface area contributed by atoms with Crippen LogP contribution in [0.3, 0.4) is 0 Å². The van der Waals surface area contributed by atoms with E-state index >= 15 is 0 Å². The van der Waals surface area contributed by atoms with Crippen molar-refractivity contribution in [3.05, 3.63) is 29.2 Å². The summed E-state index contributed by atoms with van der Waals surface area (Å²) < 4.78 is 0. The van der Waals surface area contributed by atoms with Crippen molar-refractivity contribution in [2.24, 2.45) is 0 Å². The van der Waals surface area contributed by atoms with Crippen molar-refractivity contribution in [2.45, 2.75) is 0 Å². The van der Waals surface area contributed by atoms with Crippen molar-refractivity contribution in [1.82, 2.24) is 15.0 Å². The molecule has 3 aromatic rings. The maximum Gasteiger partial charge on any atom is 0.142 e. The number of hydrogen-bond donors (Lipinski definition) is 2. The summed E-state index contributed by atoms with van der Waals surface area (Å²) in [7, 11) is 0. The van der Waals surface area contributed by atoms with Gasteiger partial charge in [-0.25, -0.2) is 15.0 Å². The normalized spacial score (nSPS) is 10.7. The van der Waals surface area contributed by atoms with Crippen LogP contribution in [0.2, 0.25) is 0 Å². The summed E-state index contributed by atoms with van der Waals surface area (Å²) in [4.78, 5) is 12.8. The Hall–Kier alpha value is -1.99. The summed E-state index contributed by atoms with van der Waals surface area (Å²) >= 11 is 3.06. The number of nitrogens with zero attached hydrogens (tertiary/aromatic N) is 3. The number of anilines is 2. The molecule has 0 spiro atoms. The molecule has 0 radical (unpaired) electrons. The lowest BCUT2D eigenvalue weighted by Crippen LogP contribution is -1.96. The highest BCUT2D eigenvalue weighted by molar-refractivity contribution is 7.15. The molecule has 3 rings (SSSR count). The molecule has 0 aliphatic carbocycles. The Morgan fingerprint density at radius 1 is 1.06 bits per heavy atom. The molecule has 4 N–H and O–H groups in total.